The fraction of sp³-hybridized carbons (Fsp3) is 0.316. The van der Waals surface area contributed by atoms with Crippen molar-refractivity contribution in [2.45, 2.75) is 19.4 Å². The van der Waals surface area contributed by atoms with Crippen molar-refractivity contribution in [1.82, 2.24) is 5.32 Å². The number of nitrogens with one attached hydrogen (secondary N) is 1. The Morgan fingerprint density at radius 2 is 1.68 bits per heavy atom. The number of aryl methyl sites for hydroxylation is 1. The fourth-order valence-corrected chi connectivity index (χ4v) is 2.73. The van der Waals surface area contributed by atoms with Crippen molar-refractivity contribution in [1.29, 1.82) is 0 Å². The summed E-state index contributed by atoms with van der Waals surface area (Å²) in [6, 6.07) is 11.1. The predicted molar refractivity (Wildman–Crippen MR) is 97.7 cm³/mol. The summed E-state index contributed by atoms with van der Waals surface area (Å²) < 4.78 is 16.1. The van der Waals surface area contributed by atoms with E-state index in [1.807, 2.05) is 24.3 Å². The van der Waals surface area contributed by atoms with Crippen molar-refractivity contribution in [3.63, 3.8) is 0 Å². The summed E-state index contributed by atoms with van der Waals surface area (Å²) in [6.07, 6.45) is 0.855. The normalized spacial score (nSPS) is 10.2. The Kier molecular flexibility index (Phi) is 6.95. The number of ether oxygens (including phenoxy) is 3. The molecule has 0 aliphatic heterocycles. The van der Waals surface area contributed by atoms with Crippen LogP contribution in [0.1, 0.15) is 17.5 Å². The Hall–Kier alpha value is -2.40. The maximum atomic E-state index is 12.1. The van der Waals surface area contributed by atoms with Gasteiger partial charge in [0.2, 0.25) is 11.7 Å². The zero-order valence-corrected chi connectivity index (χ0v) is 15.4. The molecule has 0 radical (unpaired) electrons. The highest BCUT2D eigenvalue weighted by molar-refractivity contribution is 6.31. The van der Waals surface area contributed by atoms with Gasteiger partial charge in [0.15, 0.2) is 11.5 Å². The first-order chi connectivity index (χ1) is 12.1. The maximum absolute atomic E-state index is 12.1. The van der Waals surface area contributed by atoms with Gasteiger partial charge >= 0.3 is 0 Å². The standard InChI is InChI=1S/C19H22ClNO4/c1-23-16-10-8-13(18(24-2)19(16)25-3)9-11-17(22)21-12-14-6-4-5-7-15(14)20/h4-8,10H,9,11-12H2,1-3H3,(H,21,22). The summed E-state index contributed by atoms with van der Waals surface area (Å²) >= 11 is 6.09. The quantitative estimate of drug-likeness (QED) is 0.778. The molecule has 2 aromatic rings. The SMILES string of the molecule is COc1ccc(CCC(=O)NCc2ccccc2Cl)c(OC)c1OC. The summed E-state index contributed by atoms with van der Waals surface area (Å²) in [5.41, 5.74) is 1.77. The monoisotopic (exact) mass is 363 g/mol. The number of carbonyl (C=O) groups is 1. The van der Waals surface area contributed by atoms with Crippen molar-refractivity contribution in [3.8, 4) is 17.2 Å². The second-order valence-corrected chi connectivity index (χ2v) is 5.77. The second kappa shape index (κ2) is 9.18. The van der Waals surface area contributed by atoms with Gasteiger partial charge in [0.05, 0.1) is 21.3 Å². The van der Waals surface area contributed by atoms with Crippen LogP contribution in [-0.4, -0.2) is 27.2 Å². The van der Waals surface area contributed by atoms with Crippen LogP contribution in [0.3, 0.4) is 0 Å². The molecule has 0 atom stereocenters. The minimum absolute atomic E-state index is 0.0586. The molecule has 0 unspecified atom stereocenters. The van der Waals surface area contributed by atoms with Gasteiger partial charge in [0.25, 0.3) is 0 Å². The van der Waals surface area contributed by atoms with Crippen LogP contribution in [0, 0.1) is 0 Å². The summed E-state index contributed by atoms with van der Waals surface area (Å²) in [4.78, 5) is 12.1. The lowest BCUT2D eigenvalue weighted by Crippen LogP contribution is -2.23. The molecular weight excluding hydrogens is 342 g/mol. The summed E-state index contributed by atoms with van der Waals surface area (Å²) in [5, 5.41) is 3.52. The summed E-state index contributed by atoms with van der Waals surface area (Å²) in [5.74, 6) is 1.64. The van der Waals surface area contributed by atoms with Gasteiger partial charge in [0.1, 0.15) is 0 Å². The number of hydrogen-bond donors (Lipinski definition) is 1. The van der Waals surface area contributed by atoms with Crippen LogP contribution >= 0.6 is 11.6 Å². The highest BCUT2D eigenvalue weighted by Crippen LogP contribution is 2.40. The Bertz CT molecular complexity index is 733. The van der Waals surface area contributed by atoms with E-state index in [1.165, 1.54) is 0 Å². The average molecular weight is 364 g/mol. The van der Waals surface area contributed by atoms with Gasteiger partial charge in [-0.05, 0) is 29.7 Å². The van der Waals surface area contributed by atoms with Crippen LogP contribution in [0.5, 0.6) is 17.2 Å². The molecule has 134 valence electrons. The smallest absolute Gasteiger partial charge is 0.220 e. The van der Waals surface area contributed by atoms with E-state index in [0.717, 1.165) is 11.1 Å². The number of rotatable bonds is 8. The fourth-order valence-electron chi connectivity index (χ4n) is 2.53. The van der Waals surface area contributed by atoms with Gasteiger partial charge in [-0.15, -0.1) is 0 Å². The zero-order chi connectivity index (χ0) is 18.2. The molecule has 0 fully saturated rings. The molecule has 2 aromatic carbocycles. The number of benzene rings is 2. The summed E-state index contributed by atoms with van der Waals surface area (Å²) in [7, 11) is 4.69. The van der Waals surface area contributed by atoms with Gasteiger partial charge in [-0.25, -0.2) is 0 Å². The first-order valence-corrected chi connectivity index (χ1v) is 8.26. The average Bonchev–Trinajstić information content (AvgIpc) is 2.64. The van der Waals surface area contributed by atoms with Crippen molar-refractivity contribution < 1.29 is 19.0 Å². The molecule has 0 saturated heterocycles. The Morgan fingerprint density at radius 1 is 0.960 bits per heavy atom. The Balaban J connectivity index is 1.98. The molecule has 1 amide bonds. The molecule has 25 heavy (non-hydrogen) atoms. The van der Waals surface area contributed by atoms with Crippen LogP contribution in [-0.2, 0) is 17.8 Å². The van der Waals surface area contributed by atoms with Crippen molar-refractivity contribution in [2.24, 2.45) is 0 Å². The van der Waals surface area contributed by atoms with Crippen LogP contribution < -0.4 is 19.5 Å². The molecule has 0 aliphatic carbocycles. The molecule has 2 rings (SSSR count). The van der Waals surface area contributed by atoms with E-state index in [9.17, 15) is 4.79 Å². The second-order valence-electron chi connectivity index (χ2n) is 5.36. The number of carbonyl (C=O) groups excluding carboxylic acids is 1. The molecule has 0 aromatic heterocycles. The number of halogens is 1. The van der Waals surface area contributed by atoms with Gasteiger partial charge in [0, 0.05) is 18.0 Å². The van der Waals surface area contributed by atoms with E-state index in [1.54, 1.807) is 33.5 Å². The first-order valence-electron chi connectivity index (χ1n) is 7.88. The lowest BCUT2D eigenvalue weighted by Gasteiger charge is -2.15. The molecule has 5 nitrogen and oxygen atoms in total. The third kappa shape index (κ3) is 4.79. The lowest BCUT2D eigenvalue weighted by molar-refractivity contribution is -0.121. The Morgan fingerprint density at radius 3 is 2.32 bits per heavy atom. The Labute approximate surface area is 152 Å². The molecule has 0 heterocycles. The highest BCUT2D eigenvalue weighted by Gasteiger charge is 2.16. The maximum Gasteiger partial charge on any atom is 0.220 e. The largest absolute Gasteiger partial charge is 0.493 e. The van der Waals surface area contributed by atoms with E-state index in [0.29, 0.717) is 41.7 Å². The van der Waals surface area contributed by atoms with Crippen LogP contribution in [0.4, 0.5) is 0 Å². The highest BCUT2D eigenvalue weighted by atomic mass is 35.5. The lowest BCUT2D eigenvalue weighted by atomic mass is 10.1. The van der Waals surface area contributed by atoms with E-state index < -0.39 is 0 Å². The van der Waals surface area contributed by atoms with E-state index in [2.05, 4.69) is 5.32 Å². The third-order valence-corrected chi connectivity index (χ3v) is 4.21. The molecule has 0 aliphatic rings. The van der Waals surface area contributed by atoms with Gasteiger partial charge in [-0.1, -0.05) is 35.9 Å². The van der Waals surface area contributed by atoms with Gasteiger partial charge in [-0.2, -0.15) is 0 Å². The van der Waals surface area contributed by atoms with E-state index in [4.69, 9.17) is 25.8 Å². The number of hydrogen-bond acceptors (Lipinski definition) is 4. The number of methoxy groups -OCH3 is 3. The topological polar surface area (TPSA) is 56.8 Å². The summed E-state index contributed by atoms with van der Waals surface area (Å²) in [6.45, 7) is 0.404. The van der Waals surface area contributed by atoms with Crippen molar-refractivity contribution in [2.75, 3.05) is 21.3 Å². The minimum Gasteiger partial charge on any atom is -0.493 e. The molecule has 0 bridgehead atoms. The van der Waals surface area contributed by atoms with Gasteiger partial charge in [-0.3, -0.25) is 4.79 Å². The first kappa shape index (κ1) is 18.9. The van der Waals surface area contributed by atoms with Crippen molar-refractivity contribution in [3.05, 3.63) is 52.5 Å². The van der Waals surface area contributed by atoms with Crippen LogP contribution in [0.15, 0.2) is 36.4 Å². The molecule has 0 saturated carbocycles. The van der Waals surface area contributed by atoms with E-state index in [-0.39, 0.29) is 5.91 Å². The molecule has 1 N–H and O–H groups in total. The van der Waals surface area contributed by atoms with Crippen LogP contribution in [0.25, 0.3) is 0 Å². The predicted octanol–water partition coefficient (Wildman–Crippen LogP) is 3.61. The molecule has 6 heteroatoms. The van der Waals surface area contributed by atoms with E-state index >= 15 is 0 Å². The van der Waals surface area contributed by atoms with Crippen molar-refractivity contribution >= 4 is 17.5 Å². The molecular formula is C19H22ClNO4. The molecule has 0 spiro atoms. The minimum atomic E-state index is -0.0586. The van der Waals surface area contributed by atoms with Gasteiger partial charge < -0.3 is 19.5 Å². The number of amides is 1. The van der Waals surface area contributed by atoms with Crippen LogP contribution in [0.2, 0.25) is 5.02 Å². The third-order valence-electron chi connectivity index (χ3n) is 3.84. The zero-order valence-electron chi connectivity index (χ0n) is 14.6.